The van der Waals surface area contributed by atoms with E-state index in [2.05, 4.69) is 5.32 Å². The van der Waals surface area contributed by atoms with E-state index < -0.39 is 11.9 Å². The lowest BCUT2D eigenvalue weighted by Crippen LogP contribution is -2.46. The third-order valence-electron chi connectivity index (χ3n) is 5.60. The van der Waals surface area contributed by atoms with E-state index in [9.17, 15) is 9.59 Å². The van der Waals surface area contributed by atoms with E-state index in [1.165, 1.54) is 17.4 Å². The molecule has 0 unspecified atom stereocenters. The Balaban J connectivity index is 1.81. The van der Waals surface area contributed by atoms with Gasteiger partial charge in [0, 0.05) is 11.7 Å². The van der Waals surface area contributed by atoms with Gasteiger partial charge in [-0.2, -0.15) is 0 Å². The Morgan fingerprint density at radius 3 is 2.43 bits per heavy atom. The maximum Gasteiger partial charge on any atom is 0.295 e. The first kappa shape index (κ1) is 20.0. The second-order valence-corrected chi connectivity index (χ2v) is 7.85. The van der Waals surface area contributed by atoms with Crippen LogP contribution >= 0.6 is 0 Å². The van der Waals surface area contributed by atoms with E-state index in [0.717, 1.165) is 36.8 Å². The van der Waals surface area contributed by atoms with Crippen molar-refractivity contribution in [1.29, 1.82) is 0 Å². The van der Waals surface area contributed by atoms with Crippen molar-refractivity contribution in [2.24, 2.45) is 0 Å². The van der Waals surface area contributed by atoms with Gasteiger partial charge in [0.2, 0.25) is 0 Å². The number of hydrogen-bond acceptors (Lipinski definition) is 4. The van der Waals surface area contributed by atoms with Crippen LogP contribution in [0.15, 0.2) is 63.8 Å². The van der Waals surface area contributed by atoms with Crippen molar-refractivity contribution in [3.63, 3.8) is 0 Å². The number of anilines is 1. The summed E-state index contributed by atoms with van der Waals surface area (Å²) in [6.45, 7) is 3.88. The summed E-state index contributed by atoms with van der Waals surface area (Å²) in [5.41, 5.74) is 2.52. The van der Waals surface area contributed by atoms with Crippen molar-refractivity contribution in [2.75, 3.05) is 4.90 Å². The monoisotopic (exact) mass is 406 g/mol. The molecule has 1 aliphatic rings. The Hall–Kier alpha value is -3.28. The molecule has 1 saturated carbocycles. The fourth-order valence-corrected chi connectivity index (χ4v) is 4.03. The number of furan rings is 2. The Bertz CT molecular complexity index is 1000. The molecular weight excluding hydrogens is 380 g/mol. The number of rotatable bonds is 6. The molecule has 156 valence electrons. The van der Waals surface area contributed by atoms with Crippen LogP contribution < -0.4 is 10.2 Å². The molecule has 6 nitrogen and oxygen atoms in total. The Kier molecular flexibility index (Phi) is 5.74. The van der Waals surface area contributed by atoms with Crippen LogP contribution in [0.4, 0.5) is 5.69 Å². The van der Waals surface area contributed by atoms with Crippen molar-refractivity contribution in [3.05, 3.63) is 77.6 Å². The van der Waals surface area contributed by atoms with E-state index in [1.807, 2.05) is 32.0 Å². The molecule has 3 aromatic rings. The molecule has 4 rings (SSSR count). The molecule has 0 bridgehead atoms. The second kappa shape index (κ2) is 8.61. The van der Waals surface area contributed by atoms with Gasteiger partial charge >= 0.3 is 0 Å². The molecule has 0 radical (unpaired) electrons. The molecule has 0 saturated heterocycles. The molecule has 1 fully saturated rings. The number of hydrogen-bond donors (Lipinski definition) is 1. The quantitative estimate of drug-likeness (QED) is 0.629. The first-order valence-corrected chi connectivity index (χ1v) is 10.3. The highest BCUT2D eigenvalue weighted by Crippen LogP contribution is 2.33. The van der Waals surface area contributed by atoms with E-state index in [4.69, 9.17) is 8.83 Å². The van der Waals surface area contributed by atoms with Gasteiger partial charge in [0.15, 0.2) is 11.8 Å². The van der Waals surface area contributed by atoms with Gasteiger partial charge in [-0.25, -0.2) is 0 Å². The van der Waals surface area contributed by atoms with Gasteiger partial charge in [0.25, 0.3) is 11.8 Å². The molecule has 2 aromatic heterocycles. The molecule has 30 heavy (non-hydrogen) atoms. The molecule has 6 heteroatoms. The lowest BCUT2D eigenvalue weighted by atomic mass is 10.0. The second-order valence-electron chi connectivity index (χ2n) is 7.85. The fraction of sp³-hybridized carbons (Fsp3) is 0.333. The summed E-state index contributed by atoms with van der Waals surface area (Å²) in [7, 11) is 0. The summed E-state index contributed by atoms with van der Waals surface area (Å²) in [6.07, 6.45) is 7.07. The predicted octanol–water partition coefficient (Wildman–Crippen LogP) is 4.94. The number of nitrogens with one attached hydrogen (secondary N) is 1. The Morgan fingerprint density at radius 2 is 1.77 bits per heavy atom. The lowest BCUT2D eigenvalue weighted by molar-refractivity contribution is -0.123. The average Bonchev–Trinajstić information content (AvgIpc) is 3.50. The van der Waals surface area contributed by atoms with Crippen molar-refractivity contribution in [2.45, 2.75) is 51.6 Å². The van der Waals surface area contributed by atoms with Crippen LogP contribution in [0.5, 0.6) is 0 Å². The zero-order valence-corrected chi connectivity index (χ0v) is 17.3. The summed E-state index contributed by atoms with van der Waals surface area (Å²) in [6, 6.07) is 11.7. The Labute approximate surface area is 175 Å². The van der Waals surface area contributed by atoms with Crippen LogP contribution in [0.3, 0.4) is 0 Å². The third-order valence-corrected chi connectivity index (χ3v) is 5.60. The van der Waals surface area contributed by atoms with E-state index >= 15 is 0 Å². The lowest BCUT2D eigenvalue weighted by Gasteiger charge is -2.31. The largest absolute Gasteiger partial charge is 0.467 e. The minimum absolute atomic E-state index is 0.120. The highest BCUT2D eigenvalue weighted by atomic mass is 16.3. The van der Waals surface area contributed by atoms with E-state index in [1.54, 1.807) is 24.3 Å². The van der Waals surface area contributed by atoms with Crippen LogP contribution in [0.25, 0.3) is 0 Å². The number of carbonyl (C=O) groups excluding carboxylic acids is 2. The SMILES string of the molecule is Cc1ccc(C)c(N(C(=O)c2ccco2)[C@@H](C(=O)NC2CCCC2)c2ccco2)c1. The molecule has 1 N–H and O–H groups in total. The maximum absolute atomic E-state index is 13.6. The summed E-state index contributed by atoms with van der Waals surface area (Å²) in [5, 5.41) is 3.13. The first-order valence-electron chi connectivity index (χ1n) is 10.3. The first-order chi connectivity index (χ1) is 14.5. The van der Waals surface area contributed by atoms with E-state index in [-0.39, 0.29) is 17.7 Å². The van der Waals surface area contributed by atoms with Crippen LogP contribution in [0.1, 0.15) is 59.2 Å². The smallest absolute Gasteiger partial charge is 0.295 e. The maximum atomic E-state index is 13.6. The molecule has 1 aliphatic carbocycles. The van der Waals surface area contributed by atoms with E-state index in [0.29, 0.717) is 11.4 Å². The average molecular weight is 406 g/mol. The Morgan fingerprint density at radius 1 is 1.03 bits per heavy atom. The number of benzene rings is 1. The standard InChI is InChI=1S/C24H26N2O4/c1-16-11-12-17(2)19(15-16)26(24(28)21-10-6-14-30-21)22(20-9-5-13-29-20)23(27)25-18-7-3-4-8-18/h5-6,9-15,18,22H,3-4,7-8H2,1-2H3,(H,25,27)/t22-/m1/s1. The molecule has 0 aliphatic heterocycles. The summed E-state index contributed by atoms with van der Waals surface area (Å²) >= 11 is 0. The van der Waals surface area contributed by atoms with Crippen molar-refractivity contribution < 1.29 is 18.4 Å². The van der Waals surface area contributed by atoms with Gasteiger partial charge in [-0.3, -0.25) is 14.5 Å². The molecule has 2 heterocycles. The zero-order valence-electron chi connectivity index (χ0n) is 17.3. The number of aryl methyl sites for hydroxylation is 2. The number of amides is 2. The van der Waals surface area contributed by atoms with Crippen molar-refractivity contribution in [3.8, 4) is 0 Å². The van der Waals surface area contributed by atoms with Crippen LogP contribution in [-0.2, 0) is 4.79 Å². The van der Waals surface area contributed by atoms with Gasteiger partial charge in [0.05, 0.1) is 12.5 Å². The van der Waals surface area contributed by atoms with Gasteiger partial charge in [-0.05, 0) is 68.1 Å². The minimum Gasteiger partial charge on any atom is -0.467 e. The summed E-state index contributed by atoms with van der Waals surface area (Å²) < 4.78 is 11.0. The third kappa shape index (κ3) is 4.03. The topological polar surface area (TPSA) is 75.7 Å². The molecule has 1 aromatic carbocycles. The van der Waals surface area contributed by atoms with Gasteiger partial charge in [0.1, 0.15) is 5.76 Å². The van der Waals surface area contributed by atoms with Gasteiger partial charge < -0.3 is 14.2 Å². The number of carbonyl (C=O) groups is 2. The molecule has 2 amide bonds. The van der Waals surface area contributed by atoms with Crippen molar-refractivity contribution >= 4 is 17.5 Å². The van der Waals surface area contributed by atoms with Gasteiger partial charge in [-0.1, -0.05) is 25.0 Å². The fourth-order valence-electron chi connectivity index (χ4n) is 4.03. The van der Waals surface area contributed by atoms with Gasteiger partial charge in [-0.15, -0.1) is 0 Å². The highest BCUT2D eigenvalue weighted by molar-refractivity contribution is 6.09. The minimum atomic E-state index is -0.946. The van der Waals surface area contributed by atoms with Crippen LogP contribution in [0, 0.1) is 13.8 Å². The van der Waals surface area contributed by atoms with Crippen LogP contribution in [-0.4, -0.2) is 17.9 Å². The van der Waals surface area contributed by atoms with Crippen molar-refractivity contribution in [1.82, 2.24) is 5.32 Å². The predicted molar refractivity (Wildman–Crippen MR) is 113 cm³/mol. The summed E-state index contributed by atoms with van der Waals surface area (Å²) in [4.78, 5) is 28.5. The molecule has 1 atom stereocenters. The summed E-state index contributed by atoms with van der Waals surface area (Å²) in [5.74, 6) is -0.0678. The normalized spacial score (nSPS) is 15.1. The molecule has 0 spiro atoms. The zero-order chi connectivity index (χ0) is 21.1. The molecular formula is C24H26N2O4. The van der Waals surface area contributed by atoms with Crippen LogP contribution in [0.2, 0.25) is 0 Å². The number of nitrogens with zero attached hydrogens (tertiary/aromatic N) is 1. The highest BCUT2D eigenvalue weighted by Gasteiger charge is 2.38.